The predicted octanol–water partition coefficient (Wildman–Crippen LogP) is 4.48. The van der Waals surface area contributed by atoms with Crippen LogP contribution in [0.25, 0.3) is 0 Å². The normalized spacial score (nSPS) is 17.8. The number of benzene rings is 1. The van der Waals surface area contributed by atoms with Crippen LogP contribution in [0, 0.1) is 0 Å². The average Bonchev–Trinajstić information content (AvgIpc) is 2.77. The molecule has 4 rings (SSSR count). The molecular weight excluding hydrogens is 378 g/mol. The number of nitrogens with zero attached hydrogens (tertiary/aromatic N) is 2. The van der Waals surface area contributed by atoms with Gasteiger partial charge in [-0.15, -0.1) is 0 Å². The molecule has 1 aromatic carbocycles. The molecule has 2 aliphatic heterocycles. The van der Waals surface area contributed by atoms with Crippen LogP contribution in [-0.4, -0.2) is 35.7 Å². The van der Waals surface area contributed by atoms with Gasteiger partial charge < -0.3 is 19.7 Å². The fraction of sp³-hybridized carbons (Fsp3) is 0.500. The second kappa shape index (κ2) is 9.04. The van der Waals surface area contributed by atoms with Crippen molar-refractivity contribution >= 4 is 11.7 Å². The molecule has 1 N–H and O–H groups in total. The van der Waals surface area contributed by atoms with Gasteiger partial charge in [0.2, 0.25) is 0 Å². The van der Waals surface area contributed by atoms with Crippen LogP contribution >= 0.6 is 0 Å². The van der Waals surface area contributed by atoms with E-state index < -0.39 is 0 Å². The van der Waals surface area contributed by atoms with E-state index in [-0.39, 0.29) is 12.1 Å². The lowest BCUT2D eigenvalue weighted by Crippen LogP contribution is -2.40. The number of urea groups is 1. The fourth-order valence-corrected chi connectivity index (χ4v) is 4.32. The number of aromatic nitrogens is 1. The van der Waals surface area contributed by atoms with Gasteiger partial charge in [0.05, 0.1) is 19.8 Å². The van der Waals surface area contributed by atoms with Gasteiger partial charge in [-0.2, -0.15) is 0 Å². The Morgan fingerprint density at radius 3 is 2.80 bits per heavy atom. The highest BCUT2D eigenvalue weighted by Crippen LogP contribution is 2.32. The van der Waals surface area contributed by atoms with Gasteiger partial charge in [-0.05, 0) is 60.7 Å². The number of hydrogen-bond donors (Lipinski definition) is 1. The van der Waals surface area contributed by atoms with Crippen molar-refractivity contribution in [3.8, 4) is 5.75 Å². The van der Waals surface area contributed by atoms with E-state index >= 15 is 0 Å². The lowest BCUT2D eigenvalue weighted by atomic mass is 9.89. The van der Waals surface area contributed by atoms with Crippen LogP contribution in [0.3, 0.4) is 0 Å². The van der Waals surface area contributed by atoms with E-state index in [1.54, 1.807) is 7.11 Å². The minimum atomic E-state index is -0.0836. The summed E-state index contributed by atoms with van der Waals surface area (Å²) in [6, 6.07) is 7.32. The monoisotopic (exact) mass is 409 g/mol. The van der Waals surface area contributed by atoms with Gasteiger partial charge >= 0.3 is 6.03 Å². The van der Waals surface area contributed by atoms with E-state index in [4.69, 9.17) is 14.5 Å². The Balaban J connectivity index is 1.55. The van der Waals surface area contributed by atoms with E-state index in [0.717, 1.165) is 42.8 Å². The minimum absolute atomic E-state index is 0.0836. The first-order valence-corrected chi connectivity index (χ1v) is 10.9. The van der Waals surface area contributed by atoms with Crippen molar-refractivity contribution in [1.29, 1.82) is 0 Å². The van der Waals surface area contributed by atoms with Gasteiger partial charge in [0.15, 0.2) is 0 Å². The van der Waals surface area contributed by atoms with Crippen LogP contribution in [0.1, 0.15) is 54.8 Å². The van der Waals surface area contributed by atoms with Gasteiger partial charge in [0.25, 0.3) is 0 Å². The third-order valence-electron chi connectivity index (χ3n) is 6.06. The maximum atomic E-state index is 12.9. The number of methoxy groups -OCH3 is 1. The highest BCUT2D eigenvalue weighted by molar-refractivity contribution is 5.89. The summed E-state index contributed by atoms with van der Waals surface area (Å²) in [7, 11) is 1.63. The summed E-state index contributed by atoms with van der Waals surface area (Å²) < 4.78 is 11.2. The number of ether oxygens (including phenoxy) is 2. The Kier molecular flexibility index (Phi) is 6.23. The third kappa shape index (κ3) is 4.29. The number of fused-ring (bicyclic) bond motifs is 3. The molecule has 1 atom stereocenters. The van der Waals surface area contributed by atoms with Crippen molar-refractivity contribution in [3.05, 3.63) is 52.3 Å². The number of pyridine rings is 1. The van der Waals surface area contributed by atoms with Crippen molar-refractivity contribution in [1.82, 2.24) is 9.88 Å². The van der Waals surface area contributed by atoms with E-state index in [1.807, 2.05) is 29.2 Å². The molecule has 0 radical (unpaired) electrons. The minimum Gasteiger partial charge on any atom is -0.497 e. The number of aryl methyl sites for hydroxylation is 1. The van der Waals surface area contributed by atoms with Crippen LogP contribution < -0.4 is 10.1 Å². The molecule has 2 aliphatic rings. The van der Waals surface area contributed by atoms with E-state index in [9.17, 15) is 4.79 Å². The highest BCUT2D eigenvalue weighted by atomic mass is 16.5. The van der Waals surface area contributed by atoms with Crippen LogP contribution in [0.4, 0.5) is 10.5 Å². The molecule has 0 unspecified atom stereocenters. The van der Waals surface area contributed by atoms with E-state index in [2.05, 4.69) is 19.2 Å². The van der Waals surface area contributed by atoms with Gasteiger partial charge in [-0.25, -0.2) is 4.79 Å². The molecule has 2 amide bonds. The number of nitrogens with one attached hydrogen (secondary N) is 1. The smallest absolute Gasteiger partial charge is 0.322 e. The predicted molar refractivity (Wildman–Crippen MR) is 117 cm³/mol. The number of unbranched alkanes of at least 4 members (excludes halogenated alkanes) is 1. The number of carbonyl (C=O) groups excluding carboxylic acids is 1. The third-order valence-corrected chi connectivity index (χ3v) is 6.06. The van der Waals surface area contributed by atoms with Crippen LogP contribution in [0.15, 0.2) is 24.3 Å². The Morgan fingerprint density at radius 1 is 1.27 bits per heavy atom. The molecule has 0 aliphatic carbocycles. The summed E-state index contributed by atoms with van der Waals surface area (Å²) in [4.78, 5) is 19.8. The zero-order valence-electron chi connectivity index (χ0n) is 18.2. The first-order valence-electron chi connectivity index (χ1n) is 10.9. The second-order valence-electron chi connectivity index (χ2n) is 8.20. The molecular formula is C24H31N3O3. The molecule has 0 bridgehead atoms. The van der Waals surface area contributed by atoms with Crippen molar-refractivity contribution in [2.75, 3.05) is 19.0 Å². The zero-order chi connectivity index (χ0) is 21.1. The lowest BCUT2D eigenvalue weighted by Gasteiger charge is -2.34. The Labute approximate surface area is 178 Å². The average molecular weight is 410 g/mol. The van der Waals surface area contributed by atoms with E-state index in [1.165, 1.54) is 28.8 Å². The molecule has 6 heteroatoms. The standard InChI is InChI=1S/C24H31N3O3/c1-4-5-6-22-19-13-16(2)30-15-21(19)20-14-27(12-11-23(20)26-22)24(28)25-17-7-9-18(29-3)10-8-17/h7-10,16H,4-6,11-15H2,1-3H3,(H,25,28)/t16-/m0/s1. The number of anilines is 1. The summed E-state index contributed by atoms with van der Waals surface area (Å²) in [5, 5.41) is 3.00. The molecule has 30 heavy (non-hydrogen) atoms. The summed E-state index contributed by atoms with van der Waals surface area (Å²) in [5.41, 5.74) is 6.97. The number of hydrogen-bond acceptors (Lipinski definition) is 4. The first-order chi connectivity index (χ1) is 14.6. The SMILES string of the molecule is CCCCc1nc2c(c3c1C[C@H](C)OC3)CN(C(=O)Nc1ccc(OC)cc1)CC2. The second-order valence-corrected chi connectivity index (χ2v) is 8.20. The molecule has 0 saturated heterocycles. The lowest BCUT2D eigenvalue weighted by molar-refractivity contribution is 0.0393. The van der Waals surface area contributed by atoms with Crippen molar-refractivity contribution in [2.24, 2.45) is 0 Å². The number of amides is 2. The maximum Gasteiger partial charge on any atom is 0.322 e. The summed E-state index contributed by atoms with van der Waals surface area (Å²) in [6.07, 6.45) is 5.26. The summed E-state index contributed by atoms with van der Waals surface area (Å²) in [5.74, 6) is 0.769. The Hall–Kier alpha value is -2.60. The van der Waals surface area contributed by atoms with Crippen molar-refractivity contribution in [2.45, 2.75) is 65.2 Å². The van der Waals surface area contributed by atoms with Crippen LogP contribution in [0.2, 0.25) is 0 Å². The zero-order valence-corrected chi connectivity index (χ0v) is 18.2. The number of rotatable bonds is 5. The van der Waals surface area contributed by atoms with Gasteiger partial charge in [-0.1, -0.05) is 13.3 Å². The van der Waals surface area contributed by atoms with Crippen LogP contribution in [-0.2, 0) is 37.2 Å². The molecule has 2 aromatic rings. The Morgan fingerprint density at radius 2 is 2.07 bits per heavy atom. The van der Waals surface area contributed by atoms with Gasteiger partial charge in [0, 0.05) is 43.0 Å². The van der Waals surface area contributed by atoms with Crippen molar-refractivity contribution < 1.29 is 14.3 Å². The molecule has 160 valence electrons. The Bertz CT molecular complexity index is 911. The van der Waals surface area contributed by atoms with Crippen molar-refractivity contribution in [3.63, 3.8) is 0 Å². The quantitative estimate of drug-likeness (QED) is 0.791. The molecule has 0 spiro atoms. The molecule has 6 nitrogen and oxygen atoms in total. The molecule has 0 saturated carbocycles. The number of carbonyl (C=O) groups is 1. The topological polar surface area (TPSA) is 63.7 Å². The largest absolute Gasteiger partial charge is 0.497 e. The molecule has 3 heterocycles. The van der Waals surface area contributed by atoms with Crippen LogP contribution in [0.5, 0.6) is 5.75 Å². The maximum absolute atomic E-state index is 12.9. The van der Waals surface area contributed by atoms with Gasteiger partial charge in [-0.3, -0.25) is 4.98 Å². The molecule has 1 aromatic heterocycles. The molecule has 0 fully saturated rings. The first kappa shape index (κ1) is 20.7. The summed E-state index contributed by atoms with van der Waals surface area (Å²) >= 11 is 0. The van der Waals surface area contributed by atoms with Gasteiger partial charge in [0.1, 0.15) is 5.75 Å². The summed E-state index contributed by atoms with van der Waals surface area (Å²) in [6.45, 7) is 6.22. The highest BCUT2D eigenvalue weighted by Gasteiger charge is 2.29. The fourth-order valence-electron chi connectivity index (χ4n) is 4.32. The van der Waals surface area contributed by atoms with E-state index in [0.29, 0.717) is 19.7 Å².